The number of hydrogen-bond acceptors (Lipinski definition) is 4. The van der Waals surface area contributed by atoms with Gasteiger partial charge in [-0.15, -0.1) is 0 Å². The minimum Gasteiger partial charge on any atom is -0.247 e. The Balaban J connectivity index is 1.93. The van der Waals surface area contributed by atoms with E-state index in [0.717, 1.165) is 11.1 Å². The van der Waals surface area contributed by atoms with Crippen LogP contribution in [-0.4, -0.2) is 18.4 Å². The van der Waals surface area contributed by atoms with Gasteiger partial charge in [0.2, 0.25) is 5.95 Å². The number of rotatable bonds is 4. The lowest BCUT2D eigenvalue weighted by molar-refractivity contribution is 0.601. The molecule has 1 N–H and O–H groups in total. The van der Waals surface area contributed by atoms with E-state index in [4.69, 9.17) is 11.6 Å². The minimum atomic E-state index is -3.87. The van der Waals surface area contributed by atoms with Crippen LogP contribution in [-0.2, 0) is 10.0 Å². The first kappa shape index (κ1) is 16.4. The predicted molar refractivity (Wildman–Crippen MR) is 94.5 cm³/mol. The molecule has 1 aromatic heterocycles. The highest BCUT2D eigenvalue weighted by Crippen LogP contribution is 2.24. The van der Waals surface area contributed by atoms with Crippen LogP contribution in [0.25, 0.3) is 11.3 Å². The summed E-state index contributed by atoms with van der Waals surface area (Å²) in [5, 5.41) is 0.154. The number of aromatic nitrogens is 2. The van der Waals surface area contributed by atoms with Gasteiger partial charge in [0.15, 0.2) is 0 Å². The fraction of sp³-hybridized carbons (Fsp3) is 0.0588. The molecule has 0 saturated heterocycles. The lowest BCUT2D eigenvalue weighted by Crippen LogP contribution is -2.15. The van der Waals surface area contributed by atoms with Gasteiger partial charge in [0.05, 0.1) is 10.7 Å². The van der Waals surface area contributed by atoms with E-state index in [1.165, 1.54) is 12.3 Å². The zero-order valence-electron chi connectivity index (χ0n) is 12.8. The lowest BCUT2D eigenvalue weighted by atomic mass is 10.1. The van der Waals surface area contributed by atoms with Crippen molar-refractivity contribution < 1.29 is 8.42 Å². The quantitative estimate of drug-likeness (QED) is 0.766. The molecule has 0 bridgehead atoms. The molecule has 0 radical (unpaired) electrons. The Bertz CT molecular complexity index is 976. The van der Waals surface area contributed by atoms with Crippen LogP contribution in [0.2, 0.25) is 5.02 Å². The lowest BCUT2D eigenvalue weighted by Gasteiger charge is -2.09. The Labute approximate surface area is 145 Å². The van der Waals surface area contributed by atoms with Crippen molar-refractivity contribution in [1.82, 2.24) is 9.97 Å². The van der Waals surface area contributed by atoms with Gasteiger partial charge >= 0.3 is 0 Å². The maximum Gasteiger partial charge on any atom is 0.265 e. The van der Waals surface area contributed by atoms with Gasteiger partial charge in [0.1, 0.15) is 4.90 Å². The van der Waals surface area contributed by atoms with E-state index in [9.17, 15) is 8.42 Å². The molecule has 0 unspecified atom stereocenters. The molecule has 24 heavy (non-hydrogen) atoms. The molecule has 5 nitrogen and oxygen atoms in total. The van der Waals surface area contributed by atoms with Gasteiger partial charge in [0.25, 0.3) is 10.0 Å². The van der Waals surface area contributed by atoms with Crippen molar-refractivity contribution >= 4 is 27.6 Å². The molecule has 2 aromatic carbocycles. The molecule has 1 heterocycles. The highest BCUT2D eigenvalue weighted by atomic mass is 35.5. The Morgan fingerprint density at radius 2 is 1.79 bits per heavy atom. The molecular formula is C17H14ClN3O2S. The highest BCUT2D eigenvalue weighted by Gasteiger charge is 2.19. The Hall–Kier alpha value is -2.44. The number of sulfonamides is 1. The minimum absolute atomic E-state index is 0.00649. The largest absolute Gasteiger partial charge is 0.265 e. The normalized spacial score (nSPS) is 11.2. The van der Waals surface area contributed by atoms with Gasteiger partial charge in [-0.1, -0.05) is 48.0 Å². The SMILES string of the molecule is Cc1ccc(S(=O)(=O)Nc2nccc(-c3ccccc3)n2)c(Cl)c1. The molecule has 122 valence electrons. The average molecular weight is 360 g/mol. The third-order valence-corrected chi connectivity index (χ3v) is 5.14. The Morgan fingerprint density at radius 1 is 1.04 bits per heavy atom. The molecule has 0 aliphatic carbocycles. The summed E-state index contributed by atoms with van der Waals surface area (Å²) in [6, 6.07) is 15.9. The first-order valence-corrected chi connectivity index (χ1v) is 8.99. The van der Waals surface area contributed by atoms with Gasteiger partial charge in [-0.2, -0.15) is 0 Å². The van der Waals surface area contributed by atoms with Gasteiger partial charge in [0, 0.05) is 11.8 Å². The molecule has 0 saturated carbocycles. The third kappa shape index (κ3) is 3.55. The maximum atomic E-state index is 12.5. The van der Waals surface area contributed by atoms with Crippen molar-refractivity contribution in [3.63, 3.8) is 0 Å². The van der Waals surface area contributed by atoms with E-state index in [2.05, 4.69) is 14.7 Å². The first-order chi connectivity index (χ1) is 11.5. The second kappa shape index (κ2) is 6.59. The number of hydrogen-bond donors (Lipinski definition) is 1. The van der Waals surface area contributed by atoms with E-state index in [-0.39, 0.29) is 15.9 Å². The Morgan fingerprint density at radius 3 is 2.50 bits per heavy atom. The van der Waals surface area contributed by atoms with Crippen LogP contribution in [0.3, 0.4) is 0 Å². The maximum absolute atomic E-state index is 12.5. The summed E-state index contributed by atoms with van der Waals surface area (Å²) in [6.45, 7) is 1.84. The van der Waals surface area contributed by atoms with Crippen LogP contribution in [0.4, 0.5) is 5.95 Å². The van der Waals surface area contributed by atoms with Gasteiger partial charge in [-0.05, 0) is 30.7 Å². The summed E-state index contributed by atoms with van der Waals surface area (Å²) >= 11 is 6.05. The Kier molecular flexibility index (Phi) is 4.51. The zero-order valence-corrected chi connectivity index (χ0v) is 14.3. The average Bonchev–Trinajstić information content (AvgIpc) is 2.55. The van der Waals surface area contributed by atoms with Crippen molar-refractivity contribution in [2.24, 2.45) is 0 Å². The molecule has 0 aliphatic rings. The van der Waals surface area contributed by atoms with Crippen molar-refractivity contribution in [1.29, 1.82) is 0 Å². The smallest absolute Gasteiger partial charge is 0.247 e. The zero-order chi connectivity index (χ0) is 17.2. The topological polar surface area (TPSA) is 72.0 Å². The van der Waals surface area contributed by atoms with E-state index in [1.54, 1.807) is 18.2 Å². The summed E-state index contributed by atoms with van der Waals surface area (Å²) in [5.41, 5.74) is 2.37. The molecule has 3 rings (SSSR count). The molecule has 0 fully saturated rings. The standard InChI is InChI=1S/C17H14ClN3O2S/c1-12-7-8-16(14(18)11-12)24(22,23)21-17-19-10-9-15(20-17)13-5-3-2-4-6-13/h2-11H,1H3,(H,19,20,21). The molecule has 0 spiro atoms. The summed E-state index contributed by atoms with van der Waals surface area (Å²) in [4.78, 5) is 8.22. The molecule has 7 heteroatoms. The fourth-order valence-electron chi connectivity index (χ4n) is 2.18. The summed E-state index contributed by atoms with van der Waals surface area (Å²) in [5.74, 6) is -0.00649. The van der Waals surface area contributed by atoms with E-state index in [1.807, 2.05) is 37.3 Å². The summed E-state index contributed by atoms with van der Waals surface area (Å²) in [7, 11) is -3.87. The number of halogens is 1. The summed E-state index contributed by atoms with van der Waals surface area (Å²) < 4.78 is 27.4. The summed E-state index contributed by atoms with van der Waals surface area (Å²) in [6.07, 6.45) is 1.50. The fourth-order valence-corrected chi connectivity index (χ4v) is 3.73. The van der Waals surface area contributed by atoms with Crippen molar-refractivity contribution in [3.8, 4) is 11.3 Å². The monoisotopic (exact) mass is 359 g/mol. The number of nitrogens with zero attached hydrogens (tertiary/aromatic N) is 2. The number of benzene rings is 2. The highest BCUT2D eigenvalue weighted by molar-refractivity contribution is 7.92. The van der Waals surface area contributed by atoms with Crippen LogP contribution >= 0.6 is 11.6 Å². The molecular weight excluding hydrogens is 346 g/mol. The van der Waals surface area contributed by atoms with Gasteiger partial charge in [-0.3, -0.25) is 0 Å². The van der Waals surface area contributed by atoms with Crippen LogP contribution in [0.1, 0.15) is 5.56 Å². The molecule has 0 aliphatic heterocycles. The van der Waals surface area contributed by atoms with E-state index >= 15 is 0 Å². The van der Waals surface area contributed by atoms with Crippen LogP contribution < -0.4 is 4.72 Å². The van der Waals surface area contributed by atoms with E-state index in [0.29, 0.717) is 5.69 Å². The predicted octanol–water partition coefficient (Wildman–Crippen LogP) is 3.91. The second-order valence-electron chi connectivity index (χ2n) is 5.17. The second-order valence-corrected chi connectivity index (χ2v) is 7.23. The van der Waals surface area contributed by atoms with E-state index < -0.39 is 10.0 Å². The van der Waals surface area contributed by atoms with Crippen LogP contribution in [0.15, 0.2) is 65.7 Å². The van der Waals surface area contributed by atoms with Gasteiger partial charge < -0.3 is 0 Å². The van der Waals surface area contributed by atoms with Gasteiger partial charge in [-0.25, -0.2) is 23.1 Å². The van der Waals surface area contributed by atoms with Crippen molar-refractivity contribution in [3.05, 3.63) is 71.4 Å². The first-order valence-electron chi connectivity index (χ1n) is 7.13. The van der Waals surface area contributed by atoms with Crippen molar-refractivity contribution in [2.45, 2.75) is 11.8 Å². The number of nitrogens with one attached hydrogen (secondary N) is 1. The number of anilines is 1. The van der Waals surface area contributed by atoms with Crippen LogP contribution in [0.5, 0.6) is 0 Å². The third-order valence-electron chi connectivity index (χ3n) is 3.33. The number of aryl methyl sites for hydroxylation is 1. The van der Waals surface area contributed by atoms with Crippen LogP contribution in [0, 0.1) is 6.92 Å². The molecule has 0 amide bonds. The molecule has 0 atom stereocenters. The van der Waals surface area contributed by atoms with Crippen molar-refractivity contribution in [2.75, 3.05) is 4.72 Å². The molecule has 3 aromatic rings.